The Balaban J connectivity index is 2.25. The number of carbonyl (C=O) groups excluding carboxylic acids is 1. The zero-order valence-corrected chi connectivity index (χ0v) is 9.24. The van der Waals surface area contributed by atoms with Crippen molar-refractivity contribution in [1.29, 1.82) is 0 Å². The highest BCUT2D eigenvalue weighted by Gasteiger charge is 2.18. The van der Waals surface area contributed by atoms with Gasteiger partial charge in [0, 0.05) is 25.1 Å². The van der Waals surface area contributed by atoms with Gasteiger partial charge in [-0.05, 0) is 30.8 Å². The summed E-state index contributed by atoms with van der Waals surface area (Å²) in [5.74, 6) is -0.103. The molecule has 0 radical (unpaired) electrons. The molecule has 16 heavy (non-hydrogen) atoms. The van der Waals surface area contributed by atoms with E-state index in [0.29, 0.717) is 13.0 Å². The number of benzene rings is 1. The van der Waals surface area contributed by atoms with E-state index in [0.717, 1.165) is 17.7 Å². The fourth-order valence-electron chi connectivity index (χ4n) is 1.83. The summed E-state index contributed by atoms with van der Waals surface area (Å²) in [5.41, 5.74) is 1.51. The topological polar surface area (TPSA) is 20.3 Å². The van der Waals surface area contributed by atoms with Crippen molar-refractivity contribution in [2.45, 2.75) is 6.42 Å². The van der Waals surface area contributed by atoms with Gasteiger partial charge in [-0.2, -0.15) is 0 Å². The number of likely N-dealkylation sites (tertiary alicyclic amines) is 1. The van der Waals surface area contributed by atoms with Gasteiger partial charge in [0.1, 0.15) is 5.82 Å². The molecule has 0 aromatic heterocycles. The number of nitrogens with zero attached hydrogens (tertiary/aromatic N) is 1. The van der Waals surface area contributed by atoms with Crippen LogP contribution < -0.4 is 0 Å². The molecule has 1 aromatic rings. The number of ketones is 1. The summed E-state index contributed by atoms with van der Waals surface area (Å²) in [6.45, 7) is 1.45. The van der Waals surface area contributed by atoms with Gasteiger partial charge in [0.25, 0.3) is 0 Å². The van der Waals surface area contributed by atoms with E-state index in [2.05, 4.69) is 4.90 Å². The second-order valence-electron chi connectivity index (χ2n) is 4.14. The molecule has 2 nitrogen and oxygen atoms in total. The number of likely N-dealkylation sites (N-methyl/N-ethyl adjacent to an activating group) is 1. The van der Waals surface area contributed by atoms with Crippen LogP contribution >= 0.6 is 0 Å². The van der Waals surface area contributed by atoms with E-state index in [4.69, 9.17) is 0 Å². The summed E-state index contributed by atoms with van der Waals surface area (Å²) in [5, 5.41) is 0. The lowest BCUT2D eigenvalue weighted by atomic mass is 10.0. The lowest BCUT2D eigenvalue weighted by Gasteiger charge is -2.23. The van der Waals surface area contributed by atoms with E-state index in [9.17, 15) is 9.18 Å². The molecular formula is C13H14FNO. The Kier molecular flexibility index (Phi) is 3.15. The first-order valence-electron chi connectivity index (χ1n) is 5.33. The second kappa shape index (κ2) is 4.58. The Morgan fingerprint density at radius 3 is 3.00 bits per heavy atom. The summed E-state index contributed by atoms with van der Waals surface area (Å²) < 4.78 is 13.0. The number of rotatable bonds is 1. The first-order chi connectivity index (χ1) is 7.65. The highest BCUT2D eigenvalue weighted by molar-refractivity contribution is 6.00. The van der Waals surface area contributed by atoms with Gasteiger partial charge >= 0.3 is 0 Å². The minimum absolute atomic E-state index is 0.169. The van der Waals surface area contributed by atoms with Crippen molar-refractivity contribution in [1.82, 2.24) is 4.90 Å². The second-order valence-corrected chi connectivity index (χ2v) is 4.14. The van der Waals surface area contributed by atoms with E-state index in [1.807, 2.05) is 7.05 Å². The molecule has 84 valence electrons. The molecule has 0 bridgehead atoms. The van der Waals surface area contributed by atoms with E-state index >= 15 is 0 Å². The number of hydrogen-bond acceptors (Lipinski definition) is 2. The third kappa shape index (κ3) is 2.55. The van der Waals surface area contributed by atoms with Crippen LogP contribution in [0.4, 0.5) is 4.39 Å². The summed E-state index contributed by atoms with van der Waals surface area (Å²) >= 11 is 0. The molecule has 1 aliphatic heterocycles. The quantitative estimate of drug-likeness (QED) is 0.674. The van der Waals surface area contributed by atoms with E-state index < -0.39 is 0 Å². The van der Waals surface area contributed by atoms with E-state index in [-0.39, 0.29) is 11.6 Å². The number of hydrogen-bond donors (Lipinski definition) is 0. The molecule has 2 rings (SSSR count). The zero-order valence-electron chi connectivity index (χ0n) is 9.24. The maximum atomic E-state index is 13.0. The first kappa shape index (κ1) is 11.0. The van der Waals surface area contributed by atoms with Crippen molar-refractivity contribution in [3.8, 4) is 0 Å². The minimum Gasteiger partial charge on any atom is -0.302 e. The lowest BCUT2D eigenvalue weighted by Crippen LogP contribution is -2.32. The van der Waals surface area contributed by atoms with Gasteiger partial charge in [0.05, 0.1) is 0 Å². The van der Waals surface area contributed by atoms with Crippen LogP contribution in [0, 0.1) is 5.82 Å². The van der Waals surface area contributed by atoms with Crippen molar-refractivity contribution in [2.24, 2.45) is 0 Å². The van der Waals surface area contributed by atoms with Crippen LogP contribution in [-0.4, -0.2) is 30.8 Å². The van der Waals surface area contributed by atoms with Crippen molar-refractivity contribution < 1.29 is 9.18 Å². The third-order valence-electron chi connectivity index (χ3n) is 2.71. The molecule has 1 aliphatic rings. The van der Waals surface area contributed by atoms with Crippen LogP contribution in [0.5, 0.6) is 0 Å². The molecule has 1 aromatic carbocycles. The Morgan fingerprint density at radius 1 is 1.44 bits per heavy atom. The fraction of sp³-hybridized carbons (Fsp3) is 0.308. The summed E-state index contributed by atoms with van der Waals surface area (Å²) in [7, 11) is 1.98. The zero-order chi connectivity index (χ0) is 11.5. The monoisotopic (exact) mass is 219 g/mol. The van der Waals surface area contributed by atoms with Crippen LogP contribution in [0.1, 0.15) is 12.0 Å². The number of carbonyl (C=O) groups is 1. The summed E-state index contributed by atoms with van der Waals surface area (Å²) in [6, 6.07) is 6.29. The predicted octanol–water partition coefficient (Wildman–Crippen LogP) is 2.11. The standard InChI is InChI=1S/C13H14FNO/c1-15-6-5-13(16)11(9-15)7-10-3-2-4-12(14)8-10/h2-4,7-8H,5-6,9H2,1H3/b11-7+. The van der Waals surface area contributed by atoms with E-state index in [1.54, 1.807) is 18.2 Å². The molecule has 0 aliphatic carbocycles. The Morgan fingerprint density at radius 2 is 2.25 bits per heavy atom. The molecule has 0 N–H and O–H groups in total. The van der Waals surface area contributed by atoms with Crippen molar-refractivity contribution in [3.63, 3.8) is 0 Å². The molecular weight excluding hydrogens is 205 g/mol. The van der Waals surface area contributed by atoms with Crippen LogP contribution in [0.25, 0.3) is 6.08 Å². The Labute approximate surface area is 94.4 Å². The predicted molar refractivity (Wildman–Crippen MR) is 61.5 cm³/mol. The van der Waals surface area contributed by atoms with Gasteiger partial charge < -0.3 is 4.90 Å². The number of Topliss-reactive ketones (excluding diaryl/α,β-unsaturated/α-hetero) is 1. The van der Waals surface area contributed by atoms with E-state index in [1.165, 1.54) is 12.1 Å². The largest absolute Gasteiger partial charge is 0.302 e. The van der Waals surface area contributed by atoms with Gasteiger partial charge in [-0.15, -0.1) is 0 Å². The van der Waals surface area contributed by atoms with Crippen LogP contribution in [0.15, 0.2) is 29.8 Å². The van der Waals surface area contributed by atoms with Gasteiger partial charge in [0.2, 0.25) is 0 Å². The molecule has 0 spiro atoms. The van der Waals surface area contributed by atoms with Crippen LogP contribution in [0.3, 0.4) is 0 Å². The lowest BCUT2D eigenvalue weighted by molar-refractivity contribution is -0.117. The van der Waals surface area contributed by atoms with Gasteiger partial charge in [-0.25, -0.2) is 4.39 Å². The highest BCUT2D eigenvalue weighted by Crippen LogP contribution is 2.15. The normalized spacial score (nSPS) is 20.4. The number of halogens is 1. The van der Waals surface area contributed by atoms with Gasteiger partial charge in [-0.1, -0.05) is 12.1 Å². The SMILES string of the molecule is CN1CCC(=O)/C(=C/c2cccc(F)c2)C1. The average Bonchev–Trinajstić information content (AvgIpc) is 2.24. The Hall–Kier alpha value is -1.48. The van der Waals surface area contributed by atoms with Crippen molar-refractivity contribution in [3.05, 3.63) is 41.2 Å². The summed E-state index contributed by atoms with van der Waals surface area (Å²) in [6.07, 6.45) is 2.33. The molecule has 0 unspecified atom stereocenters. The molecule has 0 atom stereocenters. The molecule has 0 amide bonds. The molecule has 0 saturated carbocycles. The van der Waals surface area contributed by atoms with Crippen LogP contribution in [-0.2, 0) is 4.79 Å². The maximum Gasteiger partial charge on any atom is 0.161 e. The van der Waals surface area contributed by atoms with Crippen molar-refractivity contribution in [2.75, 3.05) is 20.1 Å². The van der Waals surface area contributed by atoms with Crippen molar-refractivity contribution >= 4 is 11.9 Å². The fourth-order valence-corrected chi connectivity index (χ4v) is 1.83. The maximum absolute atomic E-state index is 13.0. The average molecular weight is 219 g/mol. The van der Waals surface area contributed by atoms with Gasteiger partial charge in [0.15, 0.2) is 5.78 Å². The Bertz CT molecular complexity index is 439. The van der Waals surface area contributed by atoms with Crippen LogP contribution in [0.2, 0.25) is 0 Å². The third-order valence-corrected chi connectivity index (χ3v) is 2.71. The number of piperidine rings is 1. The molecule has 1 heterocycles. The summed E-state index contributed by atoms with van der Waals surface area (Å²) in [4.78, 5) is 13.7. The minimum atomic E-state index is -0.272. The van der Waals surface area contributed by atoms with Gasteiger partial charge in [-0.3, -0.25) is 4.79 Å². The molecule has 3 heteroatoms. The first-order valence-corrected chi connectivity index (χ1v) is 5.33. The molecule has 1 saturated heterocycles. The highest BCUT2D eigenvalue weighted by atomic mass is 19.1. The molecule has 1 fully saturated rings. The smallest absolute Gasteiger partial charge is 0.161 e.